The Balaban J connectivity index is 1.52. The normalized spacial score (nSPS) is 11.1. The highest BCUT2D eigenvalue weighted by atomic mass is 19.4. The van der Waals surface area contributed by atoms with Crippen molar-refractivity contribution in [2.24, 2.45) is 5.73 Å². The van der Waals surface area contributed by atoms with E-state index in [4.69, 9.17) is 5.73 Å². The van der Waals surface area contributed by atoms with Crippen molar-refractivity contribution in [3.05, 3.63) is 95.8 Å². The second kappa shape index (κ2) is 10.4. The first kappa shape index (κ1) is 25.9. The Morgan fingerprint density at radius 1 is 0.921 bits per heavy atom. The quantitative estimate of drug-likeness (QED) is 0.219. The standard InChI is InChI=1S/C25H18F4N6O3/c26-17-8-5-15(25(27,28)29)10-18(17)35-24(38)33-16-6-3-13(4-7-16)20-19(12-32-21(20)22(30)36)34-23(37)14-2-1-9-31-11-14/h1-12,32H,(H2,30,36)(H,34,37)(H2,33,35,38). The van der Waals surface area contributed by atoms with Gasteiger partial charge in [-0.1, -0.05) is 12.1 Å². The zero-order valence-corrected chi connectivity index (χ0v) is 19.2. The lowest BCUT2D eigenvalue weighted by Crippen LogP contribution is -2.20. The molecule has 4 rings (SSSR count). The Bertz CT molecular complexity index is 1500. The van der Waals surface area contributed by atoms with Gasteiger partial charge in [-0.05, 0) is 48.0 Å². The average molecular weight is 526 g/mol. The van der Waals surface area contributed by atoms with E-state index in [0.29, 0.717) is 23.8 Å². The molecule has 13 heteroatoms. The Labute approximate surface area is 212 Å². The van der Waals surface area contributed by atoms with Crippen LogP contribution in [0.1, 0.15) is 26.4 Å². The van der Waals surface area contributed by atoms with Crippen LogP contribution >= 0.6 is 0 Å². The third-order valence-corrected chi connectivity index (χ3v) is 5.27. The summed E-state index contributed by atoms with van der Waals surface area (Å²) in [6.07, 6.45) is -0.440. The minimum atomic E-state index is -4.71. The van der Waals surface area contributed by atoms with Crippen LogP contribution in [0.4, 0.5) is 39.4 Å². The number of hydrogen-bond acceptors (Lipinski definition) is 4. The van der Waals surface area contributed by atoms with E-state index in [9.17, 15) is 31.9 Å². The molecular weight excluding hydrogens is 508 g/mol. The zero-order chi connectivity index (χ0) is 27.4. The van der Waals surface area contributed by atoms with Crippen LogP contribution in [0.3, 0.4) is 0 Å². The van der Waals surface area contributed by atoms with Crippen LogP contribution in [0.2, 0.25) is 0 Å². The second-order valence-corrected chi connectivity index (χ2v) is 7.86. The molecule has 6 N–H and O–H groups in total. The number of carbonyl (C=O) groups excluding carboxylic acids is 3. The van der Waals surface area contributed by atoms with Gasteiger partial charge in [-0.3, -0.25) is 14.6 Å². The molecule has 4 amide bonds. The van der Waals surface area contributed by atoms with Crippen molar-refractivity contribution in [1.82, 2.24) is 9.97 Å². The largest absolute Gasteiger partial charge is 0.416 e. The van der Waals surface area contributed by atoms with Crippen molar-refractivity contribution in [3.8, 4) is 11.1 Å². The summed E-state index contributed by atoms with van der Waals surface area (Å²) in [7, 11) is 0. The highest BCUT2D eigenvalue weighted by Gasteiger charge is 2.31. The number of nitrogens with zero attached hydrogens (tertiary/aromatic N) is 1. The number of aromatic nitrogens is 2. The smallest absolute Gasteiger partial charge is 0.364 e. The van der Waals surface area contributed by atoms with Gasteiger partial charge in [-0.25, -0.2) is 9.18 Å². The molecule has 0 fully saturated rings. The number of nitrogens with two attached hydrogens (primary N) is 1. The number of rotatable bonds is 6. The third kappa shape index (κ3) is 5.78. The van der Waals surface area contributed by atoms with E-state index in [0.717, 1.165) is 0 Å². The number of hydrogen-bond donors (Lipinski definition) is 5. The Hall–Kier alpha value is -5.20. The predicted molar refractivity (Wildman–Crippen MR) is 131 cm³/mol. The number of urea groups is 1. The number of nitrogens with one attached hydrogen (secondary N) is 4. The van der Waals surface area contributed by atoms with E-state index in [2.05, 4.69) is 20.6 Å². The van der Waals surface area contributed by atoms with Gasteiger partial charge in [-0.15, -0.1) is 0 Å². The van der Waals surface area contributed by atoms with Crippen LogP contribution in [0.25, 0.3) is 11.1 Å². The van der Waals surface area contributed by atoms with Gasteiger partial charge in [0.1, 0.15) is 11.5 Å². The van der Waals surface area contributed by atoms with Gasteiger partial charge in [0.15, 0.2) is 0 Å². The van der Waals surface area contributed by atoms with Gasteiger partial charge >= 0.3 is 12.2 Å². The fraction of sp³-hybridized carbons (Fsp3) is 0.0400. The summed E-state index contributed by atoms with van der Waals surface area (Å²) in [5, 5.41) is 7.10. The van der Waals surface area contributed by atoms with E-state index in [1.807, 2.05) is 5.32 Å². The lowest BCUT2D eigenvalue weighted by Gasteiger charge is -2.12. The number of alkyl halides is 3. The van der Waals surface area contributed by atoms with Crippen LogP contribution in [-0.2, 0) is 6.18 Å². The lowest BCUT2D eigenvalue weighted by molar-refractivity contribution is -0.137. The summed E-state index contributed by atoms with van der Waals surface area (Å²) in [6.45, 7) is 0. The maximum atomic E-state index is 13.9. The minimum absolute atomic E-state index is 0.0185. The number of pyridine rings is 1. The van der Waals surface area contributed by atoms with Crippen molar-refractivity contribution < 1.29 is 31.9 Å². The molecule has 0 saturated heterocycles. The van der Waals surface area contributed by atoms with E-state index < -0.39 is 41.1 Å². The molecule has 194 valence electrons. The lowest BCUT2D eigenvalue weighted by atomic mass is 10.0. The first-order valence-corrected chi connectivity index (χ1v) is 10.8. The molecule has 9 nitrogen and oxygen atoms in total. The number of anilines is 3. The molecule has 0 aliphatic rings. The van der Waals surface area contributed by atoms with Gasteiger partial charge in [0.2, 0.25) is 0 Å². The summed E-state index contributed by atoms with van der Waals surface area (Å²) in [5.74, 6) is -2.31. The van der Waals surface area contributed by atoms with E-state index in [-0.39, 0.29) is 28.2 Å². The number of aromatic amines is 1. The van der Waals surface area contributed by atoms with Crippen molar-refractivity contribution in [2.45, 2.75) is 6.18 Å². The Morgan fingerprint density at radius 3 is 2.29 bits per heavy atom. The fourth-order valence-electron chi connectivity index (χ4n) is 3.51. The van der Waals surface area contributed by atoms with Gasteiger partial charge < -0.3 is 26.7 Å². The Kier molecular flexibility index (Phi) is 7.10. The number of carbonyl (C=O) groups is 3. The first-order chi connectivity index (χ1) is 18.0. The topological polar surface area (TPSA) is 142 Å². The molecule has 0 aliphatic heterocycles. The molecule has 2 heterocycles. The number of H-pyrrole nitrogens is 1. The average Bonchev–Trinajstić information content (AvgIpc) is 3.29. The van der Waals surface area contributed by atoms with Crippen molar-refractivity contribution in [2.75, 3.05) is 16.0 Å². The van der Waals surface area contributed by atoms with E-state index in [1.54, 1.807) is 12.1 Å². The van der Waals surface area contributed by atoms with Crippen molar-refractivity contribution in [3.63, 3.8) is 0 Å². The summed E-state index contributed by atoms with van der Waals surface area (Å²) in [4.78, 5) is 43.4. The molecule has 2 aromatic heterocycles. The van der Waals surface area contributed by atoms with Crippen LogP contribution in [0.15, 0.2) is 73.2 Å². The highest BCUT2D eigenvalue weighted by molar-refractivity contribution is 6.09. The molecule has 0 bridgehead atoms. The third-order valence-electron chi connectivity index (χ3n) is 5.27. The van der Waals surface area contributed by atoms with Crippen LogP contribution in [0.5, 0.6) is 0 Å². The number of primary amides is 1. The number of halogens is 4. The summed E-state index contributed by atoms with van der Waals surface area (Å²) in [5.41, 5.74) is 5.18. The molecular formula is C25H18F4N6O3. The maximum absolute atomic E-state index is 13.9. The molecule has 0 unspecified atom stereocenters. The molecule has 0 aliphatic carbocycles. The summed E-state index contributed by atoms with van der Waals surface area (Å²) in [6, 6.07) is 9.69. The SMILES string of the molecule is NC(=O)c1[nH]cc(NC(=O)c2cccnc2)c1-c1ccc(NC(=O)Nc2cc(C(F)(F)F)ccc2F)cc1. The summed E-state index contributed by atoms with van der Waals surface area (Å²) < 4.78 is 52.6. The maximum Gasteiger partial charge on any atom is 0.416 e. The predicted octanol–water partition coefficient (Wildman–Crippen LogP) is 5.23. The van der Waals surface area contributed by atoms with Gasteiger partial charge in [-0.2, -0.15) is 13.2 Å². The van der Waals surface area contributed by atoms with Gasteiger partial charge in [0, 0.05) is 29.8 Å². The van der Waals surface area contributed by atoms with Crippen molar-refractivity contribution >= 4 is 34.9 Å². The van der Waals surface area contributed by atoms with E-state index >= 15 is 0 Å². The zero-order valence-electron chi connectivity index (χ0n) is 19.2. The number of amides is 4. The molecule has 0 atom stereocenters. The van der Waals surface area contributed by atoms with Crippen molar-refractivity contribution in [1.29, 1.82) is 0 Å². The molecule has 2 aromatic carbocycles. The highest BCUT2D eigenvalue weighted by Crippen LogP contribution is 2.34. The monoisotopic (exact) mass is 526 g/mol. The Morgan fingerprint density at radius 2 is 1.66 bits per heavy atom. The van der Waals surface area contributed by atoms with Gasteiger partial charge in [0.25, 0.3) is 11.8 Å². The molecule has 4 aromatic rings. The number of benzene rings is 2. The van der Waals surface area contributed by atoms with Gasteiger partial charge in [0.05, 0.1) is 22.5 Å². The van der Waals surface area contributed by atoms with Crippen LogP contribution in [0, 0.1) is 5.82 Å². The van der Waals surface area contributed by atoms with Crippen LogP contribution < -0.4 is 21.7 Å². The van der Waals surface area contributed by atoms with E-state index in [1.165, 1.54) is 42.9 Å². The van der Waals surface area contributed by atoms with Crippen LogP contribution in [-0.4, -0.2) is 27.8 Å². The minimum Gasteiger partial charge on any atom is -0.364 e. The molecule has 0 saturated carbocycles. The summed E-state index contributed by atoms with van der Waals surface area (Å²) >= 11 is 0. The molecule has 38 heavy (non-hydrogen) atoms. The second-order valence-electron chi connectivity index (χ2n) is 7.86. The fourth-order valence-corrected chi connectivity index (χ4v) is 3.51. The molecule has 0 spiro atoms. The molecule has 0 radical (unpaired) electrons. The first-order valence-electron chi connectivity index (χ1n) is 10.8.